The van der Waals surface area contributed by atoms with Crippen LogP contribution in [0.2, 0.25) is 5.02 Å². The Morgan fingerprint density at radius 2 is 2.12 bits per heavy atom. The quantitative estimate of drug-likeness (QED) is 0.498. The Bertz CT molecular complexity index is 342. The van der Waals surface area contributed by atoms with Gasteiger partial charge in [0.1, 0.15) is 0 Å². The number of nitrogens with zero attached hydrogens (tertiary/aromatic N) is 1. The van der Waals surface area contributed by atoms with Crippen molar-refractivity contribution in [3.05, 3.63) is 34.9 Å². The number of guanidine groups is 1. The number of halogens is 2. The molecule has 0 aliphatic carbocycles. The predicted molar refractivity (Wildman–Crippen MR) is 80.7 cm³/mol. The summed E-state index contributed by atoms with van der Waals surface area (Å²) in [5, 5.41) is 7.07. The van der Waals surface area contributed by atoms with Gasteiger partial charge in [-0.25, -0.2) is 0 Å². The van der Waals surface area contributed by atoms with E-state index in [0.29, 0.717) is 0 Å². The molecule has 90 valence electrons. The van der Waals surface area contributed by atoms with Crippen LogP contribution in [0.25, 0.3) is 0 Å². The molecular formula is C11H17ClIN3. The van der Waals surface area contributed by atoms with Gasteiger partial charge in [0.2, 0.25) is 0 Å². The first-order valence-electron chi connectivity index (χ1n) is 4.95. The van der Waals surface area contributed by atoms with Gasteiger partial charge in [-0.05, 0) is 24.6 Å². The molecule has 0 aliphatic rings. The van der Waals surface area contributed by atoms with E-state index in [1.807, 2.05) is 31.2 Å². The van der Waals surface area contributed by atoms with Crippen LogP contribution in [0.4, 0.5) is 0 Å². The van der Waals surface area contributed by atoms with Gasteiger partial charge >= 0.3 is 0 Å². The fourth-order valence-electron chi connectivity index (χ4n) is 1.22. The number of hydrogen-bond acceptors (Lipinski definition) is 1. The van der Waals surface area contributed by atoms with Crippen molar-refractivity contribution < 1.29 is 0 Å². The molecule has 1 aromatic carbocycles. The van der Waals surface area contributed by atoms with Crippen LogP contribution in [0.5, 0.6) is 0 Å². The predicted octanol–water partition coefficient (Wildman–Crippen LogP) is 2.64. The van der Waals surface area contributed by atoms with Crippen LogP contribution >= 0.6 is 35.6 Å². The van der Waals surface area contributed by atoms with Gasteiger partial charge in [-0.15, -0.1) is 24.0 Å². The molecule has 1 aromatic rings. The highest BCUT2D eigenvalue weighted by Crippen LogP contribution is 2.09. The molecule has 0 fully saturated rings. The van der Waals surface area contributed by atoms with Crippen molar-refractivity contribution in [3.8, 4) is 0 Å². The molecule has 0 aliphatic heterocycles. The van der Waals surface area contributed by atoms with E-state index in [4.69, 9.17) is 11.6 Å². The Labute approximate surface area is 119 Å². The zero-order chi connectivity index (χ0) is 11.1. The lowest BCUT2D eigenvalue weighted by atomic mass is 10.2. The Balaban J connectivity index is 0.00000225. The number of benzene rings is 1. The summed E-state index contributed by atoms with van der Waals surface area (Å²) in [6.07, 6.45) is 0. The molecule has 0 atom stereocenters. The average molecular weight is 354 g/mol. The van der Waals surface area contributed by atoms with Crippen LogP contribution in [-0.4, -0.2) is 19.6 Å². The topological polar surface area (TPSA) is 36.4 Å². The average Bonchev–Trinajstić information content (AvgIpc) is 2.24. The van der Waals surface area contributed by atoms with Crippen LogP contribution in [0.15, 0.2) is 29.3 Å². The number of aliphatic imine (C=N–C) groups is 1. The van der Waals surface area contributed by atoms with Crippen molar-refractivity contribution in [1.82, 2.24) is 10.6 Å². The molecule has 0 spiro atoms. The highest BCUT2D eigenvalue weighted by molar-refractivity contribution is 14.0. The van der Waals surface area contributed by atoms with Gasteiger partial charge in [0, 0.05) is 25.2 Å². The number of rotatable bonds is 3. The zero-order valence-corrected chi connectivity index (χ0v) is 12.5. The number of nitrogens with one attached hydrogen (secondary N) is 2. The molecule has 5 heteroatoms. The van der Waals surface area contributed by atoms with E-state index in [1.165, 1.54) is 0 Å². The van der Waals surface area contributed by atoms with Crippen molar-refractivity contribution in [3.63, 3.8) is 0 Å². The summed E-state index contributed by atoms with van der Waals surface area (Å²) in [6, 6.07) is 7.77. The second-order valence-electron chi connectivity index (χ2n) is 3.09. The van der Waals surface area contributed by atoms with Crippen molar-refractivity contribution in [2.75, 3.05) is 13.6 Å². The molecule has 0 heterocycles. The minimum Gasteiger partial charge on any atom is -0.357 e. The van der Waals surface area contributed by atoms with Crippen molar-refractivity contribution in [1.29, 1.82) is 0 Å². The lowest BCUT2D eigenvalue weighted by Crippen LogP contribution is -2.36. The smallest absolute Gasteiger partial charge is 0.191 e. The van der Waals surface area contributed by atoms with Crippen LogP contribution < -0.4 is 10.6 Å². The molecule has 0 unspecified atom stereocenters. The standard InChI is InChI=1S/C11H16ClN3.HI/c1-3-14-11(13-2)15-8-9-5-4-6-10(12)7-9;/h4-7H,3,8H2,1-2H3,(H2,13,14,15);1H. The van der Waals surface area contributed by atoms with Crippen LogP contribution in [0.3, 0.4) is 0 Å². The van der Waals surface area contributed by atoms with Crippen LogP contribution in [-0.2, 0) is 6.54 Å². The zero-order valence-electron chi connectivity index (χ0n) is 9.46. The van der Waals surface area contributed by atoms with E-state index >= 15 is 0 Å². The van der Waals surface area contributed by atoms with Crippen LogP contribution in [0.1, 0.15) is 12.5 Å². The summed E-state index contributed by atoms with van der Waals surface area (Å²) in [7, 11) is 1.75. The first-order chi connectivity index (χ1) is 7.26. The maximum atomic E-state index is 5.88. The molecule has 16 heavy (non-hydrogen) atoms. The highest BCUT2D eigenvalue weighted by atomic mass is 127. The summed E-state index contributed by atoms with van der Waals surface area (Å²) in [5.41, 5.74) is 1.14. The molecule has 1 rings (SSSR count). The summed E-state index contributed by atoms with van der Waals surface area (Å²) < 4.78 is 0. The molecule has 0 radical (unpaired) electrons. The first-order valence-corrected chi connectivity index (χ1v) is 5.33. The normalized spacial score (nSPS) is 10.6. The van der Waals surface area contributed by atoms with E-state index in [-0.39, 0.29) is 24.0 Å². The SMILES string of the molecule is CCNC(=NC)NCc1cccc(Cl)c1.I. The highest BCUT2D eigenvalue weighted by Gasteiger charge is 1.96. The maximum Gasteiger partial charge on any atom is 0.191 e. The molecule has 0 saturated heterocycles. The van der Waals surface area contributed by atoms with Gasteiger partial charge in [0.05, 0.1) is 0 Å². The van der Waals surface area contributed by atoms with Crippen molar-refractivity contribution >= 4 is 41.5 Å². The third kappa shape index (κ3) is 5.55. The Morgan fingerprint density at radius 1 is 1.38 bits per heavy atom. The largest absolute Gasteiger partial charge is 0.357 e. The van der Waals surface area contributed by atoms with Gasteiger partial charge < -0.3 is 10.6 Å². The fraction of sp³-hybridized carbons (Fsp3) is 0.364. The molecule has 0 aromatic heterocycles. The van der Waals surface area contributed by atoms with Gasteiger partial charge in [0.15, 0.2) is 5.96 Å². The molecule has 2 N–H and O–H groups in total. The lowest BCUT2D eigenvalue weighted by Gasteiger charge is -2.10. The molecule has 0 saturated carbocycles. The minimum absolute atomic E-state index is 0. The van der Waals surface area contributed by atoms with E-state index < -0.39 is 0 Å². The van der Waals surface area contributed by atoms with Gasteiger partial charge in [0.25, 0.3) is 0 Å². The second-order valence-corrected chi connectivity index (χ2v) is 3.52. The first kappa shape index (κ1) is 15.5. The van der Waals surface area contributed by atoms with Crippen molar-refractivity contribution in [2.45, 2.75) is 13.5 Å². The van der Waals surface area contributed by atoms with Crippen molar-refractivity contribution in [2.24, 2.45) is 4.99 Å². The van der Waals surface area contributed by atoms with E-state index in [0.717, 1.165) is 29.6 Å². The van der Waals surface area contributed by atoms with E-state index in [2.05, 4.69) is 15.6 Å². The number of hydrogen-bond donors (Lipinski definition) is 2. The minimum atomic E-state index is 0. The van der Waals surface area contributed by atoms with Gasteiger partial charge in [-0.1, -0.05) is 23.7 Å². The fourth-order valence-corrected chi connectivity index (χ4v) is 1.43. The summed E-state index contributed by atoms with van der Waals surface area (Å²) >= 11 is 5.88. The summed E-state index contributed by atoms with van der Waals surface area (Å²) in [4.78, 5) is 4.08. The molecule has 3 nitrogen and oxygen atoms in total. The Kier molecular flexibility index (Phi) is 8.37. The second kappa shape index (κ2) is 8.64. The third-order valence-corrected chi connectivity index (χ3v) is 2.15. The molecule has 0 amide bonds. The third-order valence-electron chi connectivity index (χ3n) is 1.92. The van der Waals surface area contributed by atoms with Crippen LogP contribution in [0, 0.1) is 0 Å². The lowest BCUT2D eigenvalue weighted by molar-refractivity contribution is 0.830. The molecular weight excluding hydrogens is 336 g/mol. The Morgan fingerprint density at radius 3 is 2.69 bits per heavy atom. The summed E-state index contributed by atoms with van der Waals surface area (Å²) in [5.74, 6) is 0.803. The Hall–Kier alpha value is -0.490. The monoisotopic (exact) mass is 353 g/mol. The maximum absolute atomic E-state index is 5.88. The van der Waals surface area contributed by atoms with E-state index in [9.17, 15) is 0 Å². The summed E-state index contributed by atoms with van der Waals surface area (Å²) in [6.45, 7) is 3.61. The van der Waals surface area contributed by atoms with E-state index in [1.54, 1.807) is 7.05 Å². The van der Waals surface area contributed by atoms with Gasteiger partial charge in [-0.3, -0.25) is 4.99 Å². The molecule has 0 bridgehead atoms. The van der Waals surface area contributed by atoms with Gasteiger partial charge in [-0.2, -0.15) is 0 Å².